The third-order valence-electron chi connectivity index (χ3n) is 7.00. The minimum atomic E-state index is 0.388. The highest BCUT2D eigenvalue weighted by atomic mass is 16.5. The summed E-state index contributed by atoms with van der Waals surface area (Å²) >= 11 is 0. The van der Waals surface area contributed by atoms with Crippen molar-refractivity contribution in [2.24, 2.45) is 16.7 Å². The number of rotatable bonds is 9. The van der Waals surface area contributed by atoms with E-state index in [2.05, 4.69) is 59.0 Å². The molecule has 24 heavy (non-hydrogen) atoms. The van der Waals surface area contributed by atoms with Gasteiger partial charge in [-0.3, -0.25) is 0 Å². The molecule has 3 atom stereocenters. The number of fused-ring (bicyclic) bond motifs is 2. The zero-order valence-corrected chi connectivity index (χ0v) is 16.9. The van der Waals surface area contributed by atoms with E-state index >= 15 is 0 Å². The molecule has 3 unspecified atom stereocenters. The summed E-state index contributed by atoms with van der Waals surface area (Å²) in [6.07, 6.45) is 11.4. The Hall–Kier alpha value is -0.600. The lowest BCUT2D eigenvalue weighted by molar-refractivity contribution is -0.0448. The molecular formula is C22H39NO. The van der Waals surface area contributed by atoms with Gasteiger partial charge in [0.25, 0.3) is 0 Å². The molecule has 2 aliphatic carbocycles. The van der Waals surface area contributed by atoms with Crippen molar-refractivity contribution in [2.45, 2.75) is 79.8 Å². The van der Waals surface area contributed by atoms with E-state index in [0.29, 0.717) is 16.9 Å². The Morgan fingerprint density at radius 2 is 1.92 bits per heavy atom. The Morgan fingerprint density at radius 1 is 1.17 bits per heavy atom. The second kappa shape index (κ2) is 8.19. The highest BCUT2D eigenvalue weighted by Crippen LogP contribution is 2.66. The molecule has 0 saturated heterocycles. The normalized spacial score (nSPS) is 31.5. The largest absolute Gasteiger partial charge is 0.376 e. The van der Waals surface area contributed by atoms with E-state index in [1.54, 1.807) is 0 Å². The van der Waals surface area contributed by atoms with Gasteiger partial charge in [0.2, 0.25) is 0 Å². The van der Waals surface area contributed by atoms with Gasteiger partial charge in [-0.15, -0.1) is 0 Å². The van der Waals surface area contributed by atoms with Crippen LogP contribution in [0.5, 0.6) is 0 Å². The molecule has 0 aromatic carbocycles. The molecule has 0 radical (unpaired) electrons. The third-order valence-corrected chi connectivity index (χ3v) is 7.00. The highest BCUT2D eigenvalue weighted by molar-refractivity contribution is 5.11. The number of hydrogen-bond donors (Lipinski definition) is 1. The van der Waals surface area contributed by atoms with Crippen molar-refractivity contribution < 1.29 is 4.74 Å². The van der Waals surface area contributed by atoms with Crippen molar-refractivity contribution in [3.63, 3.8) is 0 Å². The Kier molecular flexibility index (Phi) is 6.73. The van der Waals surface area contributed by atoms with Gasteiger partial charge in [-0.05, 0) is 69.6 Å². The fraction of sp³-hybridized carbons (Fsp3) is 0.818. The summed E-state index contributed by atoms with van der Waals surface area (Å²) in [5.74, 6) is 0.867. The van der Waals surface area contributed by atoms with Gasteiger partial charge in [0.1, 0.15) is 0 Å². The first kappa shape index (κ1) is 19.7. The molecule has 2 saturated carbocycles. The molecule has 0 heterocycles. The van der Waals surface area contributed by atoms with E-state index in [4.69, 9.17) is 4.74 Å². The molecule has 138 valence electrons. The van der Waals surface area contributed by atoms with Crippen molar-refractivity contribution in [1.29, 1.82) is 0 Å². The van der Waals surface area contributed by atoms with Crippen LogP contribution in [0.4, 0.5) is 0 Å². The standard InChI is InChI=1S/C22H39NO/c1-17(2)8-7-9-18(3)11-13-23-14-15-24-20-16-19-10-12-22(20,6)21(19,4)5/h8,11,19-20,23H,7,9-10,12-16H2,1-6H3/b18-11+. The summed E-state index contributed by atoms with van der Waals surface area (Å²) in [6.45, 7) is 16.7. The molecule has 1 N–H and O–H groups in total. The van der Waals surface area contributed by atoms with Crippen LogP contribution in [0.2, 0.25) is 0 Å². The van der Waals surface area contributed by atoms with Gasteiger partial charge in [-0.2, -0.15) is 0 Å². The predicted octanol–water partition coefficient (Wildman–Crippen LogP) is 5.50. The number of allylic oxidation sites excluding steroid dienone is 3. The monoisotopic (exact) mass is 333 g/mol. The van der Waals surface area contributed by atoms with Gasteiger partial charge < -0.3 is 10.1 Å². The Morgan fingerprint density at radius 3 is 2.50 bits per heavy atom. The smallest absolute Gasteiger partial charge is 0.0637 e. The van der Waals surface area contributed by atoms with E-state index in [9.17, 15) is 0 Å². The highest BCUT2D eigenvalue weighted by Gasteiger charge is 2.61. The lowest BCUT2D eigenvalue weighted by Crippen LogP contribution is -2.38. The van der Waals surface area contributed by atoms with Crippen LogP contribution in [0.15, 0.2) is 23.3 Å². The summed E-state index contributed by atoms with van der Waals surface area (Å²) in [6, 6.07) is 0. The predicted molar refractivity (Wildman–Crippen MR) is 104 cm³/mol. The second-order valence-corrected chi connectivity index (χ2v) is 9.04. The molecule has 2 bridgehead atoms. The van der Waals surface area contributed by atoms with Crippen molar-refractivity contribution in [3.05, 3.63) is 23.3 Å². The van der Waals surface area contributed by atoms with Crippen LogP contribution in [0.25, 0.3) is 0 Å². The Labute approximate surface area is 150 Å². The molecule has 2 rings (SSSR count). The maximum absolute atomic E-state index is 6.28. The molecule has 2 nitrogen and oxygen atoms in total. The van der Waals surface area contributed by atoms with Gasteiger partial charge >= 0.3 is 0 Å². The molecule has 2 heteroatoms. The van der Waals surface area contributed by atoms with Crippen molar-refractivity contribution in [3.8, 4) is 0 Å². The Balaban J connectivity index is 1.60. The summed E-state index contributed by atoms with van der Waals surface area (Å²) < 4.78 is 6.28. The minimum Gasteiger partial charge on any atom is -0.376 e. The van der Waals surface area contributed by atoms with Crippen LogP contribution in [0, 0.1) is 16.7 Å². The topological polar surface area (TPSA) is 21.3 Å². The molecule has 0 amide bonds. The zero-order chi connectivity index (χ0) is 17.8. The lowest BCUT2D eigenvalue weighted by atomic mass is 9.70. The van der Waals surface area contributed by atoms with Crippen LogP contribution in [0.3, 0.4) is 0 Å². The van der Waals surface area contributed by atoms with Crippen molar-refractivity contribution in [2.75, 3.05) is 19.7 Å². The van der Waals surface area contributed by atoms with E-state index in [0.717, 1.165) is 32.0 Å². The SMILES string of the molecule is CC(C)=CCC/C(C)=C/CNCCOC1CC2CCC1(C)C2(C)C. The van der Waals surface area contributed by atoms with Crippen molar-refractivity contribution >= 4 is 0 Å². The third kappa shape index (κ3) is 4.32. The summed E-state index contributed by atoms with van der Waals surface area (Å²) in [7, 11) is 0. The van der Waals surface area contributed by atoms with Crippen LogP contribution in [0.1, 0.15) is 73.6 Å². The molecule has 0 aliphatic heterocycles. The quantitative estimate of drug-likeness (QED) is 0.444. The van der Waals surface area contributed by atoms with Crippen molar-refractivity contribution in [1.82, 2.24) is 5.32 Å². The first-order valence-corrected chi connectivity index (χ1v) is 9.88. The number of hydrogen-bond acceptors (Lipinski definition) is 2. The van der Waals surface area contributed by atoms with Gasteiger partial charge in [-0.1, -0.05) is 44.1 Å². The zero-order valence-electron chi connectivity index (χ0n) is 16.9. The van der Waals surface area contributed by atoms with E-state index in [1.165, 1.54) is 36.8 Å². The van der Waals surface area contributed by atoms with Crippen LogP contribution in [-0.4, -0.2) is 25.8 Å². The van der Waals surface area contributed by atoms with Gasteiger partial charge in [0, 0.05) is 13.1 Å². The molecule has 0 spiro atoms. The fourth-order valence-corrected chi connectivity index (χ4v) is 4.69. The van der Waals surface area contributed by atoms with Crippen LogP contribution >= 0.6 is 0 Å². The molecule has 2 fully saturated rings. The maximum atomic E-state index is 6.28. The van der Waals surface area contributed by atoms with E-state index in [1.807, 2.05) is 0 Å². The van der Waals surface area contributed by atoms with Crippen LogP contribution in [-0.2, 0) is 4.74 Å². The molecule has 2 aliphatic rings. The van der Waals surface area contributed by atoms with E-state index in [-0.39, 0.29) is 0 Å². The Bertz CT molecular complexity index is 472. The lowest BCUT2D eigenvalue weighted by Gasteiger charge is -2.38. The summed E-state index contributed by atoms with van der Waals surface area (Å²) in [5, 5.41) is 3.50. The van der Waals surface area contributed by atoms with E-state index < -0.39 is 0 Å². The molecule has 0 aromatic rings. The maximum Gasteiger partial charge on any atom is 0.0637 e. The number of nitrogens with one attached hydrogen (secondary N) is 1. The first-order valence-electron chi connectivity index (χ1n) is 9.88. The second-order valence-electron chi connectivity index (χ2n) is 9.04. The van der Waals surface area contributed by atoms with Gasteiger partial charge in [0.05, 0.1) is 12.7 Å². The fourth-order valence-electron chi connectivity index (χ4n) is 4.69. The van der Waals surface area contributed by atoms with Gasteiger partial charge in [0.15, 0.2) is 0 Å². The number of ether oxygens (including phenoxy) is 1. The first-order chi connectivity index (χ1) is 11.3. The van der Waals surface area contributed by atoms with Crippen LogP contribution < -0.4 is 5.32 Å². The minimum absolute atomic E-state index is 0.388. The van der Waals surface area contributed by atoms with Gasteiger partial charge in [-0.25, -0.2) is 0 Å². The summed E-state index contributed by atoms with van der Waals surface area (Å²) in [4.78, 5) is 0. The average molecular weight is 334 g/mol. The molecule has 0 aromatic heterocycles. The summed E-state index contributed by atoms with van der Waals surface area (Å²) in [5.41, 5.74) is 3.73. The molecular weight excluding hydrogens is 294 g/mol. The average Bonchev–Trinajstić information content (AvgIpc) is 2.83.